The Morgan fingerprint density at radius 1 is 1.36 bits per heavy atom. The minimum atomic E-state index is -0.904. The second-order valence-electron chi connectivity index (χ2n) is 5.51. The number of halogens is 1. The van der Waals surface area contributed by atoms with Gasteiger partial charge < -0.3 is 10.1 Å². The van der Waals surface area contributed by atoms with Crippen LogP contribution >= 0.6 is 23.4 Å². The van der Waals surface area contributed by atoms with E-state index in [-0.39, 0.29) is 5.75 Å². The van der Waals surface area contributed by atoms with Crippen LogP contribution in [0.3, 0.4) is 0 Å². The Bertz CT molecular complexity index is 791. The highest BCUT2D eigenvalue weighted by Gasteiger charge is 2.21. The summed E-state index contributed by atoms with van der Waals surface area (Å²) in [6.45, 7) is 5.19. The fourth-order valence-electron chi connectivity index (χ4n) is 2.16. The van der Waals surface area contributed by atoms with E-state index in [2.05, 4.69) is 10.4 Å². The molecule has 0 aliphatic carbocycles. The molecule has 0 fully saturated rings. The number of nitrogens with one attached hydrogen (secondary N) is 1. The molecule has 0 saturated carbocycles. The third kappa shape index (κ3) is 4.99. The molecule has 2 rings (SSSR count). The number of nitrogens with zero attached hydrogens (tertiary/aromatic N) is 2. The molecule has 0 saturated heterocycles. The fraction of sp³-hybridized carbons (Fsp3) is 0.353. The van der Waals surface area contributed by atoms with Crippen LogP contribution in [-0.2, 0) is 21.4 Å². The number of benzene rings is 1. The van der Waals surface area contributed by atoms with Gasteiger partial charge in [0.15, 0.2) is 6.10 Å². The minimum Gasteiger partial charge on any atom is -0.452 e. The lowest BCUT2D eigenvalue weighted by Crippen LogP contribution is -2.30. The first-order valence-electron chi connectivity index (χ1n) is 7.67. The molecule has 0 aliphatic heterocycles. The first kappa shape index (κ1) is 19.3. The van der Waals surface area contributed by atoms with Crippen molar-refractivity contribution in [3.8, 4) is 0 Å². The number of esters is 1. The number of ether oxygens (including phenoxy) is 1. The summed E-state index contributed by atoms with van der Waals surface area (Å²) >= 11 is 7.31. The molecule has 1 aromatic carbocycles. The van der Waals surface area contributed by atoms with Crippen molar-refractivity contribution < 1.29 is 14.3 Å². The second kappa shape index (κ2) is 8.40. The quantitative estimate of drug-likeness (QED) is 0.613. The Hall–Kier alpha value is -1.99. The van der Waals surface area contributed by atoms with Crippen molar-refractivity contribution >= 4 is 40.9 Å². The van der Waals surface area contributed by atoms with Crippen molar-refractivity contribution in [3.05, 3.63) is 40.7 Å². The van der Waals surface area contributed by atoms with Gasteiger partial charge in [0.1, 0.15) is 0 Å². The van der Waals surface area contributed by atoms with Gasteiger partial charge in [-0.05, 0) is 32.9 Å². The zero-order valence-corrected chi connectivity index (χ0v) is 16.1. The summed E-state index contributed by atoms with van der Waals surface area (Å²) in [4.78, 5) is 25.0. The van der Waals surface area contributed by atoms with Crippen LogP contribution in [0.4, 0.5) is 5.69 Å². The molecule has 1 atom stereocenters. The highest BCUT2D eigenvalue weighted by molar-refractivity contribution is 8.00. The van der Waals surface area contributed by atoms with Crippen LogP contribution in [0.2, 0.25) is 5.02 Å². The maximum atomic E-state index is 12.2. The molecule has 0 radical (unpaired) electrons. The van der Waals surface area contributed by atoms with Gasteiger partial charge >= 0.3 is 5.97 Å². The number of hydrogen-bond donors (Lipinski definition) is 1. The maximum Gasteiger partial charge on any atom is 0.317 e. The van der Waals surface area contributed by atoms with E-state index in [1.54, 1.807) is 24.7 Å². The number of rotatable bonds is 6. The smallest absolute Gasteiger partial charge is 0.317 e. The van der Waals surface area contributed by atoms with Gasteiger partial charge in [-0.25, -0.2) is 0 Å². The molecule has 2 aromatic rings. The molecule has 0 spiro atoms. The standard InChI is InChI=1S/C17H20ClN3O3S/c1-10-16(11(2)21(4)20-10)19-17(23)12(3)24-15(22)9-25-14-8-6-5-7-13(14)18/h5-8,12H,9H2,1-4H3,(H,19,23). The number of aryl methyl sites for hydroxylation is 2. The van der Waals surface area contributed by atoms with Gasteiger partial charge in [-0.2, -0.15) is 5.10 Å². The van der Waals surface area contributed by atoms with Crippen LogP contribution < -0.4 is 5.32 Å². The third-order valence-corrected chi connectivity index (χ3v) is 5.11. The first-order valence-corrected chi connectivity index (χ1v) is 9.03. The summed E-state index contributed by atoms with van der Waals surface area (Å²) in [5.74, 6) is -0.797. The van der Waals surface area contributed by atoms with Crippen LogP contribution in [0, 0.1) is 13.8 Å². The summed E-state index contributed by atoms with van der Waals surface area (Å²) < 4.78 is 6.87. The van der Waals surface area contributed by atoms with Gasteiger partial charge in [-0.3, -0.25) is 14.3 Å². The van der Waals surface area contributed by atoms with Crippen molar-refractivity contribution in [3.63, 3.8) is 0 Å². The maximum absolute atomic E-state index is 12.2. The van der Waals surface area contributed by atoms with E-state index in [1.165, 1.54) is 18.7 Å². The summed E-state index contributed by atoms with van der Waals surface area (Å²) in [6.07, 6.45) is -0.904. The normalized spacial score (nSPS) is 11.9. The Morgan fingerprint density at radius 3 is 2.64 bits per heavy atom. The molecule has 8 heteroatoms. The van der Waals surface area contributed by atoms with Crippen molar-refractivity contribution in [2.45, 2.75) is 31.8 Å². The number of carbonyl (C=O) groups excluding carboxylic acids is 2. The van der Waals surface area contributed by atoms with E-state index < -0.39 is 18.0 Å². The number of amides is 1. The van der Waals surface area contributed by atoms with Crippen molar-refractivity contribution in [1.29, 1.82) is 0 Å². The lowest BCUT2D eigenvalue weighted by atomic mass is 10.3. The zero-order valence-electron chi connectivity index (χ0n) is 14.5. The molecule has 1 aromatic heterocycles. The fourth-order valence-corrected chi connectivity index (χ4v) is 3.18. The average molecular weight is 382 g/mol. The third-order valence-electron chi connectivity index (χ3n) is 3.62. The largest absolute Gasteiger partial charge is 0.452 e. The summed E-state index contributed by atoms with van der Waals surface area (Å²) in [6, 6.07) is 7.24. The van der Waals surface area contributed by atoms with Crippen molar-refractivity contribution in [2.24, 2.45) is 7.05 Å². The summed E-state index contributed by atoms with van der Waals surface area (Å²) in [5.41, 5.74) is 2.18. The molecule has 1 unspecified atom stereocenters. The number of carbonyl (C=O) groups is 2. The molecule has 1 N–H and O–H groups in total. The summed E-state index contributed by atoms with van der Waals surface area (Å²) in [5, 5.41) is 7.57. The Balaban J connectivity index is 1.88. The highest BCUT2D eigenvalue weighted by atomic mass is 35.5. The number of anilines is 1. The monoisotopic (exact) mass is 381 g/mol. The van der Waals surface area contributed by atoms with Crippen molar-refractivity contribution in [2.75, 3.05) is 11.1 Å². The molecule has 6 nitrogen and oxygen atoms in total. The molecular weight excluding hydrogens is 362 g/mol. The highest BCUT2D eigenvalue weighted by Crippen LogP contribution is 2.26. The van der Waals surface area contributed by atoms with Gasteiger partial charge in [0.25, 0.3) is 5.91 Å². The van der Waals surface area contributed by atoms with Gasteiger partial charge in [0.05, 0.1) is 27.9 Å². The van der Waals surface area contributed by atoms with E-state index in [4.69, 9.17) is 16.3 Å². The molecule has 1 amide bonds. The van der Waals surface area contributed by atoms with Crippen LogP contribution in [-0.4, -0.2) is 33.5 Å². The Kier molecular flexibility index (Phi) is 6.50. The van der Waals surface area contributed by atoms with Crippen LogP contribution in [0.1, 0.15) is 18.3 Å². The van der Waals surface area contributed by atoms with Crippen molar-refractivity contribution in [1.82, 2.24) is 9.78 Å². The topological polar surface area (TPSA) is 73.2 Å². The predicted molar refractivity (Wildman–Crippen MR) is 99.0 cm³/mol. The second-order valence-corrected chi connectivity index (χ2v) is 6.93. The lowest BCUT2D eigenvalue weighted by Gasteiger charge is -2.14. The molecule has 0 bridgehead atoms. The SMILES string of the molecule is Cc1nn(C)c(C)c1NC(=O)C(C)OC(=O)CSc1ccccc1Cl. The van der Waals surface area contributed by atoms with E-state index in [9.17, 15) is 9.59 Å². The van der Waals surface area contributed by atoms with Crippen LogP contribution in [0.5, 0.6) is 0 Å². The number of thioether (sulfide) groups is 1. The van der Waals surface area contributed by atoms with E-state index in [1.807, 2.05) is 25.1 Å². The number of hydrogen-bond acceptors (Lipinski definition) is 5. The van der Waals surface area contributed by atoms with E-state index in [0.717, 1.165) is 10.6 Å². The molecule has 25 heavy (non-hydrogen) atoms. The average Bonchev–Trinajstić information content (AvgIpc) is 2.80. The summed E-state index contributed by atoms with van der Waals surface area (Å²) in [7, 11) is 1.80. The van der Waals surface area contributed by atoms with Gasteiger partial charge in [0.2, 0.25) is 0 Å². The van der Waals surface area contributed by atoms with Gasteiger partial charge in [-0.15, -0.1) is 11.8 Å². The number of aromatic nitrogens is 2. The zero-order chi connectivity index (χ0) is 18.6. The minimum absolute atomic E-state index is 0.0757. The predicted octanol–water partition coefficient (Wildman–Crippen LogP) is 3.35. The Morgan fingerprint density at radius 2 is 2.04 bits per heavy atom. The molecule has 0 aliphatic rings. The lowest BCUT2D eigenvalue weighted by molar-refractivity contribution is -0.150. The molecule has 1 heterocycles. The van der Waals surface area contributed by atoms with Gasteiger partial charge in [0, 0.05) is 11.9 Å². The van der Waals surface area contributed by atoms with E-state index in [0.29, 0.717) is 16.4 Å². The van der Waals surface area contributed by atoms with Gasteiger partial charge in [-0.1, -0.05) is 23.7 Å². The van der Waals surface area contributed by atoms with Crippen LogP contribution in [0.25, 0.3) is 0 Å². The Labute approximate surface area is 155 Å². The molecular formula is C17H20ClN3O3S. The van der Waals surface area contributed by atoms with Crippen LogP contribution in [0.15, 0.2) is 29.2 Å². The first-order chi connectivity index (χ1) is 11.8. The molecule has 134 valence electrons. The van der Waals surface area contributed by atoms with E-state index >= 15 is 0 Å².